The van der Waals surface area contributed by atoms with Crippen LogP contribution in [-0.2, 0) is 0 Å². The van der Waals surface area contributed by atoms with Crippen molar-refractivity contribution in [2.75, 3.05) is 0 Å². The van der Waals surface area contributed by atoms with Crippen LogP contribution >= 0.6 is 9.24 Å². The molecule has 16 heavy (non-hydrogen) atoms. The van der Waals surface area contributed by atoms with Crippen molar-refractivity contribution in [1.29, 1.82) is 0 Å². The Kier molecular flexibility index (Phi) is 3.12. The highest BCUT2D eigenvalue weighted by molar-refractivity contribution is 7.27. The minimum atomic E-state index is 1.27. The zero-order valence-corrected chi connectivity index (χ0v) is 11.2. The standard InChI is InChI=1S/C15H17P/c1-10-4-5-13(8-11(10)2)14-6-7-15(16)12(3)9-14/h4-9H,16H2,1-3H3. The molecule has 0 amide bonds. The van der Waals surface area contributed by atoms with Gasteiger partial charge in [0.2, 0.25) is 0 Å². The number of hydrogen-bond acceptors (Lipinski definition) is 0. The number of hydrogen-bond donors (Lipinski definition) is 0. The number of benzene rings is 2. The van der Waals surface area contributed by atoms with Crippen LogP contribution in [0.1, 0.15) is 16.7 Å². The van der Waals surface area contributed by atoms with E-state index in [1.807, 2.05) is 0 Å². The molecular weight excluding hydrogens is 211 g/mol. The first-order valence-corrected chi connectivity index (χ1v) is 6.09. The zero-order valence-electron chi connectivity index (χ0n) is 10.0. The maximum absolute atomic E-state index is 2.76. The lowest BCUT2D eigenvalue weighted by atomic mass is 9.99. The van der Waals surface area contributed by atoms with Gasteiger partial charge in [-0.15, -0.1) is 9.24 Å². The third kappa shape index (κ3) is 2.18. The lowest BCUT2D eigenvalue weighted by Gasteiger charge is -2.07. The van der Waals surface area contributed by atoms with Gasteiger partial charge in [0.05, 0.1) is 0 Å². The third-order valence-corrected chi connectivity index (χ3v) is 3.76. The molecule has 82 valence electrons. The molecule has 0 aliphatic carbocycles. The number of aryl methyl sites for hydroxylation is 3. The van der Waals surface area contributed by atoms with E-state index in [0.29, 0.717) is 0 Å². The fourth-order valence-corrected chi connectivity index (χ4v) is 1.96. The Hall–Kier alpha value is -1.13. The minimum Gasteiger partial charge on any atom is -0.105 e. The average molecular weight is 228 g/mol. The average Bonchev–Trinajstić information content (AvgIpc) is 2.26. The van der Waals surface area contributed by atoms with E-state index in [0.717, 1.165) is 0 Å². The van der Waals surface area contributed by atoms with Crippen molar-refractivity contribution in [3.8, 4) is 11.1 Å². The zero-order chi connectivity index (χ0) is 11.7. The van der Waals surface area contributed by atoms with Crippen LogP contribution in [-0.4, -0.2) is 0 Å². The molecule has 0 bridgehead atoms. The van der Waals surface area contributed by atoms with Crippen LogP contribution < -0.4 is 5.30 Å². The predicted octanol–water partition coefficient (Wildman–Crippen LogP) is 3.78. The summed E-state index contributed by atoms with van der Waals surface area (Å²) in [5.41, 5.74) is 6.62. The highest BCUT2D eigenvalue weighted by Gasteiger charge is 2.01. The summed E-state index contributed by atoms with van der Waals surface area (Å²) >= 11 is 0. The van der Waals surface area contributed by atoms with Crippen molar-refractivity contribution >= 4 is 14.5 Å². The van der Waals surface area contributed by atoms with E-state index in [4.69, 9.17) is 0 Å². The van der Waals surface area contributed by atoms with E-state index < -0.39 is 0 Å². The smallest absolute Gasteiger partial charge is 0.0181 e. The first-order valence-electron chi connectivity index (χ1n) is 5.51. The normalized spacial score (nSPS) is 10.5. The SMILES string of the molecule is Cc1ccc(-c2ccc(P)c(C)c2)cc1C. The molecular formula is C15H17P. The molecule has 0 nitrogen and oxygen atoms in total. The van der Waals surface area contributed by atoms with Gasteiger partial charge in [-0.1, -0.05) is 36.4 Å². The highest BCUT2D eigenvalue weighted by atomic mass is 31.0. The Balaban J connectivity index is 2.50. The summed E-state index contributed by atoms with van der Waals surface area (Å²) in [6.07, 6.45) is 0. The van der Waals surface area contributed by atoms with E-state index in [1.165, 1.54) is 33.1 Å². The summed E-state index contributed by atoms with van der Waals surface area (Å²) in [6, 6.07) is 13.2. The van der Waals surface area contributed by atoms with Crippen molar-refractivity contribution < 1.29 is 0 Å². The molecule has 0 radical (unpaired) electrons. The summed E-state index contributed by atoms with van der Waals surface area (Å²) in [4.78, 5) is 0. The molecule has 1 unspecified atom stereocenters. The van der Waals surface area contributed by atoms with Gasteiger partial charge >= 0.3 is 0 Å². The largest absolute Gasteiger partial charge is 0.105 e. The summed E-state index contributed by atoms with van der Waals surface area (Å²) in [5, 5.41) is 1.27. The third-order valence-electron chi connectivity index (χ3n) is 3.11. The summed E-state index contributed by atoms with van der Waals surface area (Å²) in [5.74, 6) is 0. The summed E-state index contributed by atoms with van der Waals surface area (Å²) < 4.78 is 0. The van der Waals surface area contributed by atoms with E-state index in [9.17, 15) is 0 Å². The number of rotatable bonds is 1. The molecule has 0 heterocycles. The molecule has 0 saturated carbocycles. The minimum absolute atomic E-state index is 1.27. The second kappa shape index (κ2) is 4.39. The Bertz CT molecular complexity index is 477. The lowest BCUT2D eigenvalue weighted by Crippen LogP contribution is -1.96. The molecule has 2 aromatic carbocycles. The van der Waals surface area contributed by atoms with Gasteiger partial charge in [-0.25, -0.2) is 0 Å². The Morgan fingerprint density at radius 1 is 0.688 bits per heavy atom. The molecule has 2 aromatic rings. The molecule has 0 aliphatic heterocycles. The fraction of sp³-hybridized carbons (Fsp3) is 0.200. The predicted molar refractivity (Wildman–Crippen MR) is 75.4 cm³/mol. The maximum Gasteiger partial charge on any atom is -0.0181 e. The van der Waals surface area contributed by atoms with Crippen LogP contribution in [0.4, 0.5) is 0 Å². The van der Waals surface area contributed by atoms with Crippen LogP contribution in [0, 0.1) is 20.8 Å². The molecule has 0 aromatic heterocycles. The van der Waals surface area contributed by atoms with E-state index in [1.54, 1.807) is 0 Å². The monoisotopic (exact) mass is 228 g/mol. The van der Waals surface area contributed by atoms with Gasteiger partial charge in [0.15, 0.2) is 0 Å². The van der Waals surface area contributed by atoms with Gasteiger partial charge in [0.1, 0.15) is 0 Å². The summed E-state index contributed by atoms with van der Waals surface area (Å²) in [7, 11) is 2.76. The van der Waals surface area contributed by atoms with Gasteiger partial charge in [-0.2, -0.15) is 0 Å². The van der Waals surface area contributed by atoms with Crippen molar-refractivity contribution in [2.24, 2.45) is 0 Å². The molecule has 0 aliphatic rings. The van der Waals surface area contributed by atoms with E-state index >= 15 is 0 Å². The van der Waals surface area contributed by atoms with Crippen LogP contribution in [0.2, 0.25) is 0 Å². The molecule has 0 spiro atoms. The second-order valence-corrected chi connectivity index (χ2v) is 4.99. The fourth-order valence-electron chi connectivity index (χ4n) is 1.78. The van der Waals surface area contributed by atoms with Gasteiger partial charge in [0.25, 0.3) is 0 Å². The Labute approximate surface area is 99.9 Å². The van der Waals surface area contributed by atoms with Crippen LogP contribution in [0.25, 0.3) is 11.1 Å². The molecule has 0 N–H and O–H groups in total. The quantitative estimate of drug-likeness (QED) is 0.652. The highest BCUT2D eigenvalue weighted by Crippen LogP contribution is 2.22. The molecule has 1 heteroatoms. The van der Waals surface area contributed by atoms with E-state index in [2.05, 4.69) is 66.4 Å². The molecule has 0 fully saturated rings. The summed E-state index contributed by atoms with van der Waals surface area (Å²) in [6.45, 7) is 6.46. The molecule has 1 atom stereocenters. The van der Waals surface area contributed by atoms with Crippen LogP contribution in [0.15, 0.2) is 36.4 Å². The van der Waals surface area contributed by atoms with Gasteiger partial charge in [-0.3, -0.25) is 0 Å². The van der Waals surface area contributed by atoms with Crippen molar-refractivity contribution in [1.82, 2.24) is 0 Å². The van der Waals surface area contributed by atoms with Crippen LogP contribution in [0.5, 0.6) is 0 Å². The van der Waals surface area contributed by atoms with Crippen molar-refractivity contribution in [3.05, 3.63) is 53.1 Å². The Morgan fingerprint density at radius 3 is 1.81 bits per heavy atom. The first-order chi connectivity index (χ1) is 7.58. The van der Waals surface area contributed by atoms with Gasteiger partial charge in [0, 0.05) is 0 Å². The Morgan fingerprint density at radius 2 is 1.25 bits per heavy atom. The van der Waals surface area contributed by atoms with Gasteiger partial charge < -0.3 is 0 Å². The van der Waals surface area contributed by atoms with Crippen LogP contribution in [0.3, 0.4) is 0 Å². The van der Waals surface area contributed by atoms with Crippen molar-refractivity contribution in [3.63, 3.8) is 0 Å². The topological polar surface area (TPSA) is 0 Å². The van der Waals surface area contributed by atoms with E-state index in [-0.39, 0.29) is 0 Å². The first kappa shape index (κ1) is 11.4. The maximum atomic E-state index is 2.76. The van der Waals surface area contributed by atoms with Gasteiger partial charge in [-0.05, 0) is 53.9 Å². The molecule has 2 rings (SSSR count). The lowest BCUT2D eigenvalue weighted by molar-refractivity contribution is 1.34. The van der Waals surface area contributed by atoms with Crippen molar-refractivity contribution in [2.45, 2.75) is 20.8 Å². The second-order valence-electron chi connectivity index (χ2n) is 4.37. The molecule has 0 saturated heterocycles.